The number of benzene rings is 1. The van der Waals surface area contributed by atoms with E-state index in [1.54, 1.807) is 11.8 Å². The summed E-state index contributed by atoms with van der Waals surface area (Å²) in [6.45, 7) is 2.04. The van der Waals surface area contributed by atoms with Crippen molar-refractivity contribution in [2.75, 3.05) is 5.75 Å². The molecule has 0 aliphatic carbocycles. The zero-order valence-corrected chi connectivity index (χ0v) is 8.42. The third kappa shape index (κ3) is 3.51. The number of oxime groups is 1. The first-order valence-electron chi connectivity index (χ1n) is 4.24. The number of rotatable bonds is 3. The maximum Gasteiger partial charge on any atom is 0.117 e. The van der Waals surface area contributed by atoms with Crippen molar-refractivity contribution in [2.24, 2.45) is 5.16 Å². The molecular weight excluding hydrogens is 182 g/mol. The summed E-state index contributed by atoms with van der Waals surface area (Å²) < 4.78 is 0. The molecule has 0 bridgehead atoms. The average Bonchev–Trinajstić information content (AvgIpc) is 2.19. The van der Waals surface area contributed by atoms with Gasteiger partial charge in [0.1, 0.15) is 5.04 Å². The Bertz CT molecular complexity index is 272. The SMILES string of the molecule is CCS/C(Cc1ccccc1)=N\O. The molecule has 0 saturated carbocycles. The van der Waals surface area contributed by atoms with E-state index in [0.717, 1.165) is 17.2 Å². The van der Waals surface area contributed by atoms with Crippen molar-refractivity contribution >= 4 is 16.8 Å². The summed E-state index contributed by atoms with van der Waals surface area (Å²) in [6.07, 6.45) is 0.718. The van der Waals surface area contributed by atoms with E-state index < -0.39 is 0 Å². The quantitative estimate of drug-likeness (QED) is 0.348. The summed E-state index contributed by atoms with van der Waals surface area (Å²) in [4.78, 5) is 0. The fourth-order valence-electron chi connectivity index (χ4n) is 1.05. The summed E-state index contributed by atoms with van der Waals surface area (Å²) in [5, 5.41) is 12.7. The van der Waals surface area contributed by atoms with Crippen LogP contribution in [0.3, 0.4) is 0 Å². The van der Waals surface area contributed by atoms with E-state index in [1.165, 1.54) is 5.56 Å². The van der Waals surface area contributed by atoms with E-state index >= 15 is 0 Å². The molecule has 0 saturated heterocycles. The Labute approximate surface area is 82.7 Å². The van der Waals surface area contributed by atoms with Gasteiger partial charge < -0.3 is 5.21 Å². The summed E-state index contributed by atoms with van der Waals surface area (Å²) in [5.41, 5.74) is 1.18. The van der Waals surface area contributed by atoms with Gasteiger partial charge in [0, 0.05) is 6.42 Å². The summed E-state index contributed by atoms with van der Waals surface area (Å²) in [7, 11) is 0. The zero-order chi connectivity index (χ0) is 9.52. The van der Waals surface area contributed by atoms with Gasteiger partial charge in [-0.25, -0.2) is 0 Å². The third-order valence-corrected chi connectivity index (χ3v) is 2.47. The van der Waals surface area contributed by atoms with Gasteiger partial charge in [-0.3, -0.25) is 0 Å². The zero-order valence-electron chi connectivity index (χ0n) is 7.60. The Balaban J connectivity index is 2.58. The van der Waals surface area contributed by atoms with Gasteiger partial charge in [-0.15, -0.1) is 11.8 Å². The Morgan fingerprint density at radius 2 is 2.08 bits per heavy atom. The van der Waals surface area contributed by atoms with Crippen LogP contribution in [0.25, 0.3) is 0 Å². The number of thioether (sulfide) groups is 1. The summed E-state index contributed by atoms with van der Waals surface area (Å²) >= 11 is 1.57. The van der Waals surface area contributed by atoms with Crippen LogP contribution in [0.4, 0.5) is 0 Å². The van der Waals surface area contributed by atoms with Crippen LogP contribution in [0.1, 0.15) is 12.5 Å². The van der Waals surface area contributed by atoms with Gasteiger partial charge in [-0.1, -0.05) is 42.4 Å². The molecule has 13 heavy (non-hydrogen) atoms. The maximum atomic E-state index is 8.69. The predicted octanol–water partition coefficient (Wildman–Crippen LogP) is 2.77. The molecule has 3 heteroatoms. The highest BCUT2D eigenvalue weighted by molar-refractivity contribution is 8.13. The van der Waals surface area contributed by atoms with E-state index in [4.69, 9.17) is 5.21 Å². The molecule has 70 valence electrons. The lowest BCUT2D eigenvalue weighted by Crippen LogP contribution is -1.98. The smallest absolute Gasteiger partial charge is 0.117 e. The first kappa shape index (κ1) is 10.1. The van der Waals surface area contributed by atoms with Gasteiger partial charge in [0.15, 0.2) is 0 Å². The molecule has 0 radical (unpaired) electrons. The van der Waals surface area contributed by atoms with Crippen LogP contribution in [0.5, 0.6) is 0 Å². The average molecular weight is 195 g/mol. The van der Waals surface area contributed by atoms with E-state index in [0.29, 0.717) is 0 Å². The van der Waals surface area contributed by atoms with Crippen LogP contribution >= 0.6 is 11.8 Å². The molecule has 0 spiro atoms. The molecule has 0 aromatic heterocycles. The Kier molecular flexibility index (Phi) is 4.40. The molecule has 1 aromatic rings. The van der Waals surface area contributed by atoms with Crippen molar-refractivity contribution in [3.05, 3.63) is 35.9 Å². The molecule has 0 amide bonds. The number of nitrogens with zero attached hydrogens (tertiary/aromatic N) is 1. The molecule has 2 nitrogen and oxygen atoms in total. The minimum atomic E-state index is 0.718. The van der Waals surface area contributed by atoms with Gasteiger partial charge >= 0.3 is 0 Å². The highest BCUT2D eigenvalue weighted by Gasteiger charge is 2.00. The summed E-state index contributed by atoms with van der Waals surface area (Å²) in [5.74, 6) is 0.937. The van der Waals surface area contributed by atoms with Crippen molar-refractivity contribution < 1.29 is 5.21 Å². The lowest BCUT2D eigenvalue weighted by atomic mass is 10.2. The minimum Gasteiger partial charge on any atom is -0.410 e. The van der Waals surface area contributed by atoms with Crippen LogP contribution in [-0.2, 0) is 6.42 Å². The van der Waals surface area contributed by atoms with Gasteiger partial charge in [0.05, 0.1) is 0 Å². The van der Waals surface area contributed by atoms with Gasteiger partial charge in [-0.2, -0.15) is 0 Å². The first-order chi connectivity index (χ1) is 6.36. The van der Waals surface area contributed by atoms with Crippen LogP contribution in [0, 0.1) is 0 Å². The van der Waals surface area contributed by atoms with E-state index in [2.05, 4.69) is 5.16 Å². The Morgan fingerprint density at radius 1 is 1.38 bits per heavy atom. The van der Waals surface area contributed by atoms with Crippen molar-refractivity contribution in [1.29, 1.82) is 0 Å². The second kappa shape index (κ2) is 5.65. The standard InChI is InChI=1S/C10H13NOS/c1-2-13-10(11-12)8-9-6-4-3-5-7-9/h3-7,12H,2,8H2,1H3/b11-10-. The summed E-state index contributed by atoms with van der Waals surface area (Å²) in [6, 6.07) is 10.0. The predicted molar refractivity (Wildman–Crippen MR) is 57.5 cm³/mol. The molecule has 0 atom stereocenters. The Hall–Kier alpha value is -0.960. The molecule has 1 N–H and O–H groups in total. The lowest BCUT2D eigenvalue weighted by molar-refractivity contribution is 0.320. The van der Waals surface area contributed by atoms with Crippen molar-refractivity contribution in [3.8, 4) is 0 Å². The number of hydrogen-bond acceptors (Lipinski definition) is 3. The van der Waals surface area contributed by atoms with E-state index in [1.807, 2.05) is 37.3 Å². The van der Waals surface area contributed by atoms with Crippen molar-refractivity contribution in [1.82, 2.24) is 0 Å². The monoisotopic (exact) mass is 195 g/mol. The Morgan fingerprint density at radius 3 is 2.62 bits per heavy atom. The molecule has 1 rings (SSSR count). The minimum absolute atomic E-state index is 0.718. The normalized spacial score (nSPS) is 11.6. The van der Waals surface area contributed by atoms with Crippen LogP contribution < -0.4 is 0 Å². The number of hydrogen-bond donors (Lipinski definition) is 1. The van der Waals surface area contributed by atoms with Crippen LogP contribution in [-0.4, -0.2) is 16.0 Å². The van der Waals surface area contributed by atoms with E-state index in [9.17, 15) is 0 Å². The fraction of sp³-hybridized carbons (Fsp3) is 0.300. The van der Waals surface area contributed by atoms with Crippen molar-refractivity contribution in [3.63, 3.8) is 0 Å². The highest BCUT2D eigenvalue weighted by Crippen LogP contribution is 2.09. The fourth-order valence-corrected chi connectivity index (χ4v) is 1.71. The molecule has 0 aliphatic heterocycles. The van der Waals surface area contributed by atoms with Gasteiger partial charge in [-0.05, 0) is 11.3 Å². The van der Waals surface area contributed by atoms with Gasteiger partial charge in [0.25, 0.3) is 0 Å². The third-order valence-electron chi connectivity index (χ3n) is 1.62. The molecule has 0 fully saturated rings. The van der Waals surface area contributed by atoms with E-state index in [-0.39, 0.29) is 0 Å². The second-order valence-corrected chi connectivity index (χ2v) is 3.93. The van der Waals surface area contributed by atoms with Crippen molar-refractivity contribution in [2.45, 2.75) is 13.3 Å². The molecule has 0 unspecified atom stereocenters. The lowest BCUT2D eigenvalue weighted by Gasteiger charge is -2.01. The van der Waals surface area contributed by atoms with Crippen LogP contribution in [0.2, 0.25) is 0 Å². The molecule has 1 aromatic carbocycles. The molecule has 0 aliphatic rings. The molecular formula is C10H13NOS. The topological polar surface area (TPSA) is 32.6 Å². The highest BCUT2D eigenvalue weighted by atomic mass is 32.2. The maximum absolute atomic E-state index is 8.69. The molecule has 0 heterocycles. The largest absolute Gasteiger partial charge is 0.410 e. The van der Waals surface area contributed by atoms with Crippen LogP contribution in [0.15, 0.2) is 35.5 Å². The van der Waals surface area contributed by atoms with Gasteiger partial charge in [0.2, 0.25) is 0 Å². The first-order valence-corrected chi connectivity index (χ1v) is 5.23. The second-order valence-electron chi connectivity index (χ2n) is 2.59.